The summed E-state index contributed by atoms with van der Waals surface area (Å²) in [7, 11) is 1.30. The topological polar surface area (TPSA) is 94.1 Å². The van der Waals surface area contributed by atoms with Crippen molar-refractivity contribution >= 4 is 13.8 Å². The van der Waals surface area contributed by atoms with E-state index in [4.69, 9.17) is 18.5 Å². The molecule has 0 fully saturated rings. The van der Waals surface area contributed by atoms with Crippen molar-refractivity contribution in [2.75, 3.05) is 54.1 Å². The average molecular weight is 748 g/mol. The number of likely N-dealkylation sites (N-methyl/N-ethyl adjacent to an activating group) is 1. The SMILES string of the molecule is CC/C=C\C/C=C\C/C=C\C/C=C\C/C=C\C/C=C\CCCOCC(COP(=O)([O-])OCC[N+](C)(C)C)OC(=O)CCCCCCC/C=C\CCC. The van der Waals surface area contributed by atoms with Crippen LogP contribution in [-0.2, 0) is 27.9 Å². The van der Waals surface area contributed by atoms with Gasteiger partial charge in [0.25, 0.3) is 7.82 Å². The van der Waals surface area contributed by atoms with E-state index in [1.54, 1.807) is 0 Å². The Morgan fingerprint density at radius 1 is 0.615 bits per heavy atom. The van der Waals surface area contributed by atoms with Crippen LogP contribution in [0.1, 0.15) is 123 Å². The van der Waals surface area contributed by atoms with Crippen LogP contribution in [-0.4, -0.2) is 70.7 Å². The predicted molar refractivity (Wildman–Crippen MR) is 217 cm³/mol. The van der Waals surface area contributed by atoms with Crippen molar-refractivity contribution in [3.8, 4) is 0 Å². The van der Waals surface area contributed by atoms with Crippen LogP contribution < -0.4 is 4.89 Å². The van der Waals surface area contributed by atoms with Gasteiger partial charge in [-0.25, -0.2) is 0 Å². The highest BCUT2D eigenvalue weighted by Crippen LogP contribution is 2.38. The van der Waals surface area contributed by atoms with Gasteiger partial charge in [0.1, 0.15) is 19.3 Å². The molecular formula is C43H74NO7P. The molecule has 0 radical (unpaired) electrons. The van der Waals surface area contributed by atoms with Crippen LogP contribution >= 0.6 is 7.82 Å². The molecule has 0 amide bonds. The van der Waals surface area contributed by atoms with Gasteiger partial charge in [0.15, 0.2) is 0 Å². The van der Waals surface area contributed by atoms with Gasteiger partial charge in [-0.05, 0) is 77.0 Å². The number of unbranched alkanes of at least 4 members (excludes halogenated alkanes) is 7. The van der Waals surface area contributed by atoms with Gasteiger partial charge in [-0.1, -0.05) is 125 Å². The third kappa shape index (κ3) is 38.9. The summed E-state index contributed by atoms with van der Waals surface area (Å²) in [6, 6.07) is 0. The summed E-state index contributed by atoms with van der Waals surface area (Å²) >= 11 is 0. The molecule has 0 bridgehead atoms. The summed E-state index contributed by atoms with van der Waals surface area (Å²) in [5.41, 5.74) is 0. The molecule has 0 aliphatic rings. The average Bonchev–Trinajstić information content (AvgIpc) is 3.09. The Labute approximate surface area is 318 Å². The Bertz CT molecular complexity index is 1100. The molecular weight excluding hydrogens is 673 g/mol. The monoisotopic (exact) mass is 748 g/mol. The molecule has 0 heterocycles. The van der Waals surface area contributed by atoms with E-state index in [9.17, 15) is 14.3 Å². The third-order valence-corrected chi connectivity index (χ3v) is 8.63. The lowest BCUT2D eigenvalue weighted by atomic mass is 10.1. The Morgan fingerprint density at radius 2 is 1.12 bits per heavy atom. The molecule has 52 heavy (non-hydrogen) atoms. The zero-order valence-corrected chi connectivity index (χ0v) is 34.4. The van der Waals surface area contributed by atoms with Crippen LogP contribution in [0, 0.1) is 0 Å². The molecule has 0 aromatic heterocycles. The molecule has 0 saturated heterocycles. The fourth-order valence-corrected chi connectivity index (χ4v) is 5.35. The van der Waals surface area contributed by atoms with Crippen LogP contribution in [0.4, 0.5) is 0 Å². The maximum absolute atomic E-state index is 12.6. The molecule has 2 unspecified atom stereocenters. The standard InChI is InChI=1S/C43H74NO7P/c1-6-8-10-12-14-16-18-19-20-21-22-23-24-25-26-27-29-31-33-35-38-48-40-42(41-50-52(46,47)49-39-37-44(3,4)5)51-43(45)36-34-32-30-28-17-15-13-11-9-7-2/h8,10-11,13-14,16,19-20,22-23,25-26,29,31,42H,6-7,9,12,15,17-18,21,24,27-28,30,32-41H2,1-5H3/b10-8-,13-11-,16-14-,20-19-,23-22-,26-25-,31-29-. The minimum absolute atomic E-state index is 0.00879. The Morgan fingerprint density at radius 3 is 1.69 bits per heavy atom. The molecule has 0 rings (SSSR count). The van der Waals surface area contributed by atoms with Gasteiger partial charge in [-0.3, -0.25) is 9.36 Å². The summed E-state index contributed by atoms with van der Waals surface area (Å²) in [6.07, 6.45) is 46.1. The van der Waals surface area contributed by atoms with Gasteiger partial charge < -0.3 is 27.9 Å². The number of hydrogen-bond donors (Lipinski definition) is 0. The van der Waals surface area contributed by atoms with Crippen molar-refractivity contribution in [1.82, 2.24) is 0 Å². The van der Waals surface area contributed by atoms with E-state index >= 15 is 0 Å². The maximum Gasteiger partial charge on any atom is 0.306 e. The zero-order valence-electron chi connectivity index (χ0n) is 33.5. The minimum Gasteiger partial charge on any atom is -0.756 e. The molecule has 2 atom stereocenters. The summed E-state index contributed by atoms with van der Waals surface area (Å²) in [5, 5.41) is 0. The lowest BCUT2D eigenvalue weighted by molar-refractivity contribution is -0.870. The Kier molecular flexibility index (Phi) is 34.1. The van der Waals surface area contributed by atoms with E-state index in [0.717, 1.165) is 96.3 Å². The number of phosphoric acid groups is 1. The number of ether oxygens (including phenoxy) is 2. The summed E-state index contributed by atoms with van der Waals surface area (Å²) in [6.45, 7) is 5.02. The van der Waals surface area contributed by atoms with Gasteiger partial charge in [-0.2, -0.15) is 0 Å². The lowest BCUT2D eigenvalue weighted by Gasteiger charge is -2.28. The fraction of sp³-hybridized carbons (Fsp3) is 0.651. The Hall–Kier alpha value is -2.32. The maximum atomic E-state index is 12.6. The number of phosphoric ester groups is 1. The molecule has 8 nitrogen and oxygen atoms in total. The van der Waals surface area contributed by atoms with E-state index < -0.39 is 13.9 Å². The van der Waals surface area contributed by atoms with Crippen LogP contribution in [0.25, 0.3) is 0 Å². The number of rotatable bonds is 35. The number of esters is 1. The Balaban J connectivity index is 4.39. The van der Waals surface area contributed by atoms with Crippen molar-refractivity contribution in [3.63, 3.8) is 0 Å². The first-order valence-corrected chi connectivity index (χ1v) is 21.3. The van der Waals surface area contributed by atoms with Crippen LogP contribution in [0.15, 0.2) is 85.1 Å². The first-order chi connectivity index (χ1) is 25.1. The van der Waals surface area contributed by atoms with Crippen molar-refractivity contribution in [2.45, 2.75) is 129 Å². The highest BCUT2D eigenvalue weighted by atomic mass is 31.2. The highest BCUT2D eigenvalue weighted by Gasteiger charge is 2.20. The van der Waals surface area contributed by atoms with Gasteiger partial charge in [0, 0.05) is 13.0 Å². The van der Waals surface area contributed by atoms with Crippen molar-refractivity contribution in [1.29, 1.82) is 0 Å². The molecule has 0 aliphatic heterocycles. The molecule has 0 saturated carbocycles. The molecule has 0 N–H and O–H groups in total. The van der Waals surface area contributed by atoms with Gasteiger partial charge in [-0.15, -0.1) is 0 Å². The molecule has 0 spiro atoms. The second kappa shape index (κ2) is 35.7. The number of carbonyl (C=O) groups is 1. The third-order valence-electron chi connectivity index (χ3n) is 7.66. The second-order valence-electron chi connectivity index (χ2n) is 13.9. The minimum atomic E-state index is -4.54. The van der Waals surface area contributed by atoms with Crippen LogP contribution in [0.5, 0.6) is 0 Å². The number of nitrogens with zero attached hydrogens (tertiary/aromatic N) is 1. The highest BCUT2D eigenvalue weighted by molar-refractivity contribution is 7.45. The number of carbonyl (C=O) groups excluding carboxylic acids is 1. The summed E-state index contributed by atoms with van der Waals surface area (Å²) in [4.78, 5) is 24.9. The first-order valence-electron chi connectivity index (χ1n) is 19.8. The van der Waals surface area contributed by atoms with Crippen molar-refractivity contribution in [2.24, 2.45) is 0 Å². The van der Waals surface area contributed by atoms with Gasteiger partial charge in [0.05, 0.1) is 34.4 Å². The van der Waals surface area contributed by atoms with E-state index in [0.29, 0.717) is 17.6 Å². The number of allylic oxidation sites excluding steroid dienone is 14. The normalized spacial score (nSPS) is 14.8. The van der Waals surface area contributed by atoms with Crippen LogP contribution in [0.2, 0.25) is 0 Å². The summed E-state index contributed by atoms with van der Waals surface area (Å²) < 4.78 is 34.3. The summed E-state index contributed by atoms with van der Waals surface area (Å²) in [5.74, 6) is -0.371. The van der Waals surface area contributed by atoms with Gasteiger partial charge >= 0.3 is 5.97 Å². The van der Waals surface area contributed by atoms with Gasteiger partial charge in [0.2, 0.25) is 0 Å². The van der Waals surface area contributed by atoms with E-state index in [2.05, 4.69) is 98.9 Å². The zero-order chi connectivity index (χ0) is 38.4. The van der Waals surface area contributed by atoms with Crippen molar-refractivity contribution in [3.05, 3.63) is 85.1 Å². The largest absolute Gasteiger partial charge is 0.756 e. The second-order valence-corrected chi connectivity index (χ2v) is 15.3. The number of quaternary nitrogens is 1. The quantitative estimate of drug-likeness (QED) is 0.0209. The molecule has 0 aromatic rings. The molecule has 0 aromatic carbocycles. The fourth-order valence-electron chi connectivity index (χ4n) is 4.62. The molecule has 298 valence electrons. The lowest BCUT2D eigenvalue weighted by Crippen LogP contribution is -2.37. The van der Waals surface area contributed by atoms with Crippen LogP contribution in [0.3, 0.4) is 0 Å². The predicted octanol–water partition coefficient (Wildman–Crippen LogP) is 10.7. The van der Waals surface area contributed by atoms with Crippen molar-refractivity contribution < 1.29 is 37.3 Å². The first kappa shape index (κ1) is 49.7. The molecule has 0 aliphatic carbocycles. The van der Waals surface area contributed by atoms with E-state index in [-0.39, 0.29) is 32.2 Å². The van der Waals surface area contributed by atoms with E-state index in [1.807, 2.05) is 21.1 Å². The molecule has 9 heteroatoms. The number of hydrogen-bond acceptors (Lipinski definition) is 7. The van der Waals surface area contributed by atoms with E-state index in [1.165, 1.54) is 6.42 Å². The smallest absolute Gasteiger partial charge is 0.306 e.